The van der Waals surface area contributed by atoms with Crippen molar-refractivity contribution >= 4 is 29.9 Å². The van der Waals surface area contributed by atoms with Crippen molar-refractivity contribution < 1.29 is 9.47 Å². The number of fused-ring (bicyclic) bond motifs is 1. The van der Waals surface area contributed by atoms with E-state index in [9.17, 15) is 0 Å². The van der Waals surface area contributed by atoms with E-state index < -0.39 is 0 Å². The zero-order valence-corrected chi connectivity index (χ0v) is 20.3. The van der Waals surface area contributed by atoms with Gasteiger partial charge in [0.2, 0.25) is 0 Å². The normalized spacial score (nSPS) is 20.7. The van der Waals surface area contributed by atoms with Crippen molar-refractivity contribution in [1.82, 2.24) is 15.1 Å². The van der Waals surface area contributed by atoms with Crippen molar-refractivity contribution in [3.63, 3.8) is 0 Å². The summed E-state index contributed by atoms with van der Waals surface area (Å²) in [4.78, 5) is 9.50. The molecule has 7 heteroatoms. The molecule has 1 saturated heterocycles. The Morgan fingerprint density at radius 2 is 1.83 bits per heavy atom. The van der Waals surface area contributed by atoms with E-state index in [0.717, 1.165) is 56.6 Å². The third-order valence-corrected chi connectivity index (χ3v) is 6.87. The Kier molecular flexibility index (Phi) is 7.53. The Labute approximate surface area is 192 Å². The summed E-state index contributed by atoms with van der Waals surface area (Å²) in [6, 6.07) is 4.27. The maximum Gasteiger partial charge on any atom is 0.193 e. The van der Waals surface area contributed by atoms with Crippen molar-refractivity contribution in [1.29, 1.82) is 0 Å². The van der Waals surface area contributed by atoms with Crippen molar-refractivity contribution in [3.05, 3.63) is 23.3 Å². The molecule has 4 rings (SSSR count). The molecule has 1 N–H and O–H groups in total. The molecule has 2 fully saturated rings. The lowest BCUT2D eigenvalue weighted by Crippen LogP contribution is -2.45. The van der Waals surface area contributed by atoms with Crippen LogP contribution in [-0.2, 0) is 13.0 Å². The number of methoxy groups -OCH3 is 2. The van der Waals surface area contributed by atoms with Crippen LogP contribution in [0.4, 0.5) is 0 Å². The summed E-state index contributed by atoms with van der Waals surface area (Å²) in [5.74, 6) is 2.73. The van der Waals surface area contributed by atoms with Crippen LogP contribution < -0.4 is 14.8 Å². The van der Waals surface area contributed by atoms with Gasteiger partial charge in [-0.25, -0.2) is 0 Å². The molecule has 2 heterocycles. The number of halogens is 1. The molecule has 6 nitrogen and oxygen atoms in total. The van der Waals surface area contributed by atoms with Crippen LogP contribution in [0.5, 0.6) is 11.5 Å². The molecule has 0 amide bonds. The first-order chi connectivity index (χ1) is 13.7. The van der Waals surface area contributed by atoms with Crippen LogP contribution in [0.3, 0.4) is 0 Å². The number of rotatable bonds is 5. The fourth-order valence-corrected chi connectivity index (χ4v) is 4.99. The van der Waals surface area contributed by atoms with Gasteiger partial charge in [0, 0.05) is 46.3 Å². The van der Waals surface area contributed by atoms with Gasteiger partial charge in [-0.1, -0.05) is 6.42 Å². The van der Waals surface area contributed by atoms with Crippen LogP contribution >= 0.6 is 24.0 Å². The fourth-order valence-electron chi connectivity index (χ4n) is 4.99. The van der Waals surface area contributed by atoms with E-state index in [1.54, 1.807) is 14.2 Å². The third kappa shape index (κ3) is 4.76. The molecular weight excluding hydrogens is 479 g/mol. The van der Waals surface area contributed by atoms with Crippen LogP contribution in [0.1, 0.15) is 36.8 Å². The Bertz CT molecular complexity index is 736. The maximum atomic E-state index is 5.48. The quantitative estimate of drug-likeness (QED) is 0.372. The van der Waals surface area contributed by atoms with E-state index in [2.05, 4.69) is 32.2 Å². The zero-order chi connectivity index (χ0) is 19.6. The minimum Gasteiger partial charge on any atom is -0.493 e. The van der Waals surface area contributed by atoms with Gasteiger partial charge in [-0.3, -0.25) is 9.89 Å². The van der Waals surface area contributed by atoms with Gasteiger partial charge in [0.15, 0.2) is 17.5 Å². The molecule has 1 aromatic rings. The summed E-state index contributed by atoms with van der Waals surface area (Å²) in [5, 5.41) is 3.60. The van der Waals surface area contributed by atoms with Crippen molar-refractivity contribution in [3.8, 4) is 11.5 Å². The molecule has 29 heavy (non-hydrogen) atoms. The molecule has 162 valence electrons. The molecule has 3 aliphatic rings. The van der Waals surface area contributed by atoms with Crippen LogP contribution in [-0.4, -0.2) is 69.8 Å². The fraction of sp³-hybridized carbons (Fsp3) is 0.682. The second-order valence-electron chi connectivity index (χ2n) is 8.50. The molecular formula is C22H35IN4O2. The molecule has 1 aliphatic carbocycles. The number of ether oxygens (including phenoxy) is 2. The predicted molar refractivity (Wildman–Crippen MR) is 128 cm³/mol. The van der Waals surface area contributed by atoms with Crippen LogP contribution in [0, 0.1) is 5.41 Å². The highest BCUT2D eigenvalue weighted by Gasteiger charge is 2.43. The average molecular weight is 514 g/mol. The summed E-state index contributed by atoms with van der Waals surface area (Å²) < 4.78 is 10.9. The standard InChI is InChI=1S/C22H34N4O2.HI/c1-23-21(26-11-8-22(16-26)6-4-7-22)24-9-12-25-10-5-17-13-19(27-2)20(28-3)14-18(17)15-25;/h13-14H,4-12,15-16H2,1-3H3,(H,23,24);1H. The molecule has 0 atom stereocenters. The summed E-state index contributed by atoms with van der Waals surface area (Å²) >= 11 is 0. The molecule has 2 aliphatic heterocycles. The molecule has 0 unspecified atom stereocenters. The van der Waals surface area contributed by atoms with Gasteiger partial charge in [0.05, 0.1) is 14.2 Å². The number of hydrogen-bond acceptors (Lipinski definition) is 4. The topological polar surface area (TPSA) is 49.3 Å². The first kappa shape index (κ1) is 22.5. The lowest BCUT2D eigenvalue weighted by molar-refractivity contribution is 0.151. The van der Waals surface area contributed by atoms with E-state index in [1.807, 2.05) is 7.05 Å². The molecule has 1 saturated carbocycles. The number of benzene rings is 1. The largest absolute Gasteiger partial charge is 0.493 e. The molecule has 0 bridgehead atoms. The van der Waals surface area contributed by atoms with Gasteiger partial charge < -0.3 is 19.7 Å². The molecule has 1 aromatic carbocycles. The molecule has 0 radical (unpaired) electrons. The maximum absolute atomic E-state index is 5.48. The van der Waals surface area contributed by atoms with Gasteiger partial charge in [-0.2, -0.15) is 0 Å². The van der Waals surface area contributed by atoms with Gasteiger partial charge in [-0.15, -0.1) is 24.0 Å². The number of aliphatic imine (C=N–C) groups is 1. The third-order valence-electron chi connectivity index (χ3n) is 6.87. The predicted octanol–water partition coefficient (Wildman–Crippen LogP) is 3.13. The van der Waals surface area contributed by atoms with Crippen molar-refractivity contribution in [2.24, 2.45) is 10.4 Å². The van der Waals surface area contributed by atoms with Gasteiger partial charge in [0.25, 0.3) is 0 Å². The van der Waals surface area contributed by atoms with Gasteiger partial charge in [0.1, 0.15) is 0 Å². The second-order valence-corrected chi connectivity index (χ2v) is 8.50. The monoisotopic (exact) mass is 514 g/mol. The number of hydrogen-bond donors (Lipinski definition) is 1. The lowest BCUT2D eigenvalue weighted by Gasteiger charge is -2.38. The number of guanidine groups is 1. The van der Waals surface area contributed by atoms with Crippen molar-refractivity contribution in [2.75, 3.05) is 54.0 Å². The Morgan fingerprint density at radius 3 is 2.41 bits per heavy atom. The smallest absolute Gasteiger partial charge is 0.193 e. The highest BCUT2D eigenvalue weighted by atomic mass is 127. The lowest BCUT2D eigenvalue weighted by atomic mass is 9.68. The highest BCUT2D eigenvalue weighted by molar-refractivity contribution is 14.0. The van der Waals surface area contributed by atoms with Crippen LogP contribution in [0.25, 0.3) is 0 Å². The zero-order valence-electron chi connectivity index (χ0n) is 18.0. The highest BCUT2D eigenvalue weighted by Crippen LogP contribution is 2.47. The minimum absolute atomic E-state index is 0. The summed E-state index contributed by atoms with van der Waals surface area (Å²) in [6.45, 7) is 6.33. The molecule has 1 spiro atoms. The van der Waals surface area contributed by atoms with Gasteiger partial charge in [-0.05, 0) is 54.4 Å². The SMILES string of the molecule is CN=C(NCCN1CCc2cc(OC)c(OC)cc2C1)N1CCC2(CCC2)C1.I. The number of likely N-dealkylation sites (tertiary alicyclic amines) is 1. The van der Waals surface area contributed by atoms with E-state index in [1.165, 1.54) is 43.4 Å². The van der Waals surface area contributed by atoms with Crippen molar-refractivity contribution in [2.45, 2.75) is 38.6 Å². The van der Waals surface area contributed by atoms with E-state index in [-0.39, 0.29) is 24.0 Å². The summed E-state index contributed by atoms with van der Waals surface area (Å²) in [7, 11) is 5.31. The minimum atomic E-state index is 0. The molecule has 0 aromatic heterocycles. The first-order valence-corrected chi connectivity index (χ1v) is 10.6. The number of nitrogens with one attached hydrogen (secondary N) is 1. The average Bonchev–Trinajstić information content (AvgIpc) is 3.16. The van der Waals surface area contributed by atoms with Crippen LogP contribution in [0.15, 0.2) is 17.1 Å². The second kappa shape index (κ2) is 9.73. The summed E-state index contributed by atoms with van der Waals surface area (Å²) in [6.07, 6.45) is 6.61. The van der Waals surface area contributed by atoms with Crippen LogP contribution in [0.2, 0.25) is 0 Å². The van der Waals surface area contributed by atoms with E-state index >= 15 is 0 Å². The van der Waals surface area contributed by atoms with Gasteiger partial charge >= 0.3 is 0 Å². The Hall–Kier alpha value is -1.22. The number of nitrogens with zero attached hydrogens (tertiary/aromatic N) is 3. The first-order valence-electron chi connectivity index (χ1n) is 10.6. The Morgan fingerprint density at radius 1 is 1.10 bits per heavy atom. The summed E-state index contributed by atoms with van der Waals surface area (Å²) in [5.41, 5.74) is 3.33. The van der Waals surface area contributed by atoms with E-state index in [4.69, 9.17) is 9.47 Å². The Balaban J connectivity index is 0.00000240. The van der Waals surface area contributed by atoms with E-state index in [0.29, 0.717) is 5.41 Å².